The highest BCUT2D eigenvalue weighted by molar-refractivity contribution is 7.09. The molecule has 0 spiro atoms. The molecule has 1 aliphatic carbocycles. The minimum atomic E-state index is 0.327. The number of rotatable bonds is 9. The molecule has 1 unspecified atom stereocenters. The van der Waals surface area contributed by atoms with Gasteiger partial charge in [0.25, 0.3) is 0 Å². The van der Waals surface area contributed by atoms with Crippen LogP contribution in [0.3, 0.4) is 0 Å². The van der Waals surface area contributed by atoms with Gasteiger partial charge in [-0.25, -0.2) is 0 Å². The van der Waals surface area contributed by atoms with E-state index in [1.807, 2.05) is 0 Å². The Labute approximate surface area is 132 Å². The summed E-state index contributed by atoms with van der Waals surface area (Å²) in [5.41, 5.74) is 5.69. The standard InChI is InChI=1S/C17H28N2OS/c1-13(2)14(9-10-18)5-8-17(20)19(15-6-7-15)12-16-4-3-11-21-16/h3-4,11,13-15H,5-10,12,18H2,1-2H3. The Morgan fingerprint density at radius 2 is 2.19 bits per heavy atom. The zero-order valence-corrected chi connectivity index (χ0v) is 14.1. The largest absolute Gasteiger partial charge is 0.335 e. The molecular formula is C17H28N2OS. The Morgan fingerprint density at radius 1 is 1.43 bits per heavy atom. The van der Waals surface area contributed by atoms with Crippen molar-refractivity contribution >= 4 is 17.2 Å². The normalized spacial score (nSPS) is 16.2. The summed E-state index contributed by atoms with van der Waals surface area (Å²) in [4.78, 5) is 16.0. The van der Waals surface area contributed by atoms with Crippen molar-refractivity contribution in [1.29, 1.82) is 0 Å². The maximum Gasteiger partial charge on any atom is 0.223 e. The van der Waals surface area contributed by atoms with Crippen molar-refractivity contribution in [3.63, 3.8) is 0 Å². The van der Waals surface area contributed by atoms with Crippen molar-refractivity contribution in [3.05, 3.63) is 22.4 Å². The minimum absolute atomic E-state index is 0.327. The molecule has 1 saturated carbocycles. The molecule has 0 aliphatic heterocycles. The van der Waals surface area contributed by atoms with E-state index < -0.39 is 0 Å². The second-order valence-electron chi connectivity index (χ2n) is 6.45. The van der Waals surface area contributed by atoms with Crippen LogP contribution >= 0.6 is 11.3 Å². The van der Waals surface area contributed by atoms with Crippen molar-refractivity contribution in [2.45, 2.75) is 58.5 Å². The van der Waals surface area contributed by atoms with Gasteiger partial charge in [0, 0.05) is 17.3 Å². The van der Waals surface area contributed by atoms with Gasteiger partial charge in [-0.1, -0.05) is 19.9 Å². The SMILES string of the molecule is CC(C)C(CCN)CCC(=O)N(Cc1cccs1)C1CC1. The van der Waals surface area contributed by atoms with E-state index in [-0.39, 0.29) is 0 Å². The first-order valence-corrected chi connectivity index (χ1v) is 9.01. The van der Waals surface area contributed by atoms with Gasteiger partial charge >= 0.3 is 0 Å². The second kappa shape index (κ2) is 7.95. The average molecular weight is 308 g/mol. The lowest BCUT2D eigenvalue weighted by atomic mass is 9.88. The molecule has 2 rings (SSSR count). The van der Waals surface area contributed by atoms with Crippen LogP contribution < -0.4 is 5.73 Å². The number of nitrogens with zero attached hydrogens (tertiary/aromatic N) is 1. The van der Waals surface area contributed by atoms with E-state index in [0.717, 1.165) is 25.9 Å². The summed E-state index contributed by atoms with van der Waals surface area (Å²) in [6.07, 6.45) is 5.02. The molecule has 0 radical (unpaired) electrons. The molecule has 0 aromatic carbocycles. The molecule has 118 valence electrons. The van der Waals surface area contributed by atoms with E-state index in [9.17, 15) is 4.79 Å². The maximum absolute atomic E-state index is 12.6. The Hall–Kier alpha value is -0.870. The monoisotopic (exact) mass is 308 g/mol. The third-order valence-electron chi connectivity index (χ3n) is 4.42. The molecule has 4 heteroatoms. The predicted octanol–water partition coefficient (Wildman–Crippen LogP) is 3.64. The number of nitrogens with two attached hydrogens (primary N) is 1. The fraction of sp³-hybridized carbons (Fsp3) is 0.706. The summed E-state index contributed by atoms with van der Waals surface area (Å²) >= 11 is 1.74. The first-order valence-electron chi connectivity index (χ1n) is 8.13. The van der Waals surface area contributed by atoms with Crippen LogP contribution in [0.25, 0.3) is 0 Å². The molecule has 1 amide bonds. The van der Waals surface area contributed by atoms with Gasteiger partial charge in [-0.2, -0.15) is 0 Å². The Bertz CT molecular complexity index is 426. The summed E-state index contributed by atoms with van der Waals surface area (Å²) in [6, 6.07) is 4.68. The highest BCUT2D eigenvalue weighted by Crippen LogP contribution is 2.31. The van der Waals surface area contributed by atoms with Gasteiger partial charge in [-0.05, 0) is 55.5 Å². The third-order valence-corrected chi connectivity index (χ3v) is 5.28. The molecule has 1 fully saturated rings. The molecule has 2 N–H and O–H groups in total. The molecule has 0 saturated heterocycles. The zero-order chi connectivity index (χ0) is 15.2. The van der Waals surface area contributed by atoms with Gasteiger partial charge in [0.2, 0.25) is 5.91 Å². The van der Waals surface area contributed by atoms with Gasteiger partial charge in [0.15, 0.2) is 0 Å². The molecule has 0 bridgehead atoms. The Morgan fingerprint density at radius 3 is 2.71 bits per heavy atom. The van der Waals surface area contributed by atoms with Crippen LogP contribution in [0.2, 0.25) is 0 Å². The molecule has 1 heterocycles. The van der Waals surface area contributed by atoms with Gasteiger partial charge in [0.1, 0.15) is 0 Å². The average Bonchev–Trinajstić information content (AvgIpc) is 3.16. The highest BCUT2D eigenvalue weighted by atomic mass is 32.1. The Balaban J connectivity index is 1.86. The number of amides is 1. The van der Waals surface area contributed by atoms with Crippen molar-refractivity contribution < 1.29 is 4.79 Å². The second-order valence-corrected chi connectivity index (χ2v) is 7.48. The van der Waals surface area contributed by atoms with Gasteiger partial charge < -0.3 is 10.6 Å². The van der Waals surface area contributed by atoms with Gasteiger partial charge in [-0.3, -0.25) is 4.79 Å². The van der Waals surface area contributed by atoms with Crippen molar-refractivity contribution in [2.24, 2.45) is 17.6 Å². The summed E-state index contributed by atoms with van der Waals surface area (Å²) in [5.74, 6) is 1.50. The summed E-state index contributed by atoms with van der Waals surface area (Å²) < 4.78 is 0. The number of hydrogen-bond donors (Lipinski definition) is 1. The first-order chi connectivity index (χ1) is 10.1. The molecular weight excluding hydrogens is 280 g/mol. The number of thiophene rings is 1. The van der Waals surface area contributed by atoms with Crippen molar-refractivity contribution in [2.75, 3.05) is 6.54 Å². The lowest BCUT2D eigenvalue weighted by molar-refractivity contribution is -0.132. The smallest absolute Gasteiger partial charge is 0.223 e. The zero-order valence-electron chi connectivity index (χ0n) is 13.3. The maximum atomic E-state index is 12.6. The Kier molecular flexibility index (Phi) is 6.24. The molecule has 3 nitrogen and oxygen atoms in total. The molecule has 1 aromatic heterocycles. The number of carbonyl (C=O) groups excluding carboxylic acids is 1. The van der Waals surface area contributed by atoms with E-state index in [4.69, 9.17) is 5.73 Å². The van der Waals surface area contributed by atoms with E-state index in [0.29, 0.717) is 30.2 Å². The predicted molar refractivity (Wildman–Crippen MR) is 89.1 cm³/mol. The van der Waals surface area contributed by atoms with Crippen LogP contribution in [0.4, 0.5) is 0 Å². The summed E-state index contributed by atoms with van der Waals surface area (Å²) in [6.45, 7) is 5.98. The first kappa shape index (κ1) is 16.5. The highest BCUT2D eigenvalue weighted by Gasteiger charge is 2.32. The van der Waals surface area contributed by atoms with Crippen LogP contribution in [0, 0.1) is 11.8 Å². The van der Waals surface area contributed by atoms with Crippen LogP contribution in [0.15, 0.2) is 17.5 Å². The van der Waals surface area contributed by atoms with Crippen LogP contribution in [-0.4, -0.2) is 23.4 Å². The molecule has 21 heavy (non-hydrogen) atoms. The quantitative estimate of drug-likeness (QED) is 0.757. The van der Waals surface area contributed by atoms with Crippen LogP contribution in [0.1, 0.15) is 50.8 Å². The van der Waals surface area contributed by atoms with Crippen LogP contribution in [0.5, 0.6) is 0 Å². The summed E-state index contributed by atoms with van der Waals surface area (Å²) in [5, 5.41) is 2.08. The van der Waals surface area contributed by atoms with E-state index in [1.165, 1.54) is 17.7 Å². The topological polar surface area (TPSA) is 46.3 Å². The van der Waals surface area contributed by atoms with E-state index >= 15 is 0 Å². The van der Waals surface area contributed by atoms with Gasteiger partial charge in [0.05, 0.1) is 6.54 Å². The number of carbonyl (C=O) groups is 1. The molecule has 1 aromatic rings. The lowest BCUT2D eigenvalue weighted by Gasteiger charge is -2.24. The summed E-state index contributed by atoms with van der Waals surface area (Å²) in [7, 11) is 0. The van der Waals surface area contributed by atoms with Crippen LogP contribution in [-0.2, 0) is 11.3 Å². The third kappa shape index (κ3) is 5.11. The van der Waals surface area contributed by atoms with Crippen molar-refractivity contribution in [1.82, 2.24) is 4.90 Å². The molecule has 1 aliphatic rings. The number of hydrogen-bond acceptors (Lipinski definition) is 3. The van der Waals surface area contributed by atoms with E-state index in [2.05, 4.69) is 36.3 Å². The van der Waals surface area contributed by atoms with Crippen molar-refractivity contribution in [3.8, 4) is 0 Å². The van der Waals surface area contributed by atoms with Gasteiger partial charge in [-0.15, -0.1) is 11.3 Å². The van der Waals surface area contributed by atoms with E-state index in [1.54, 1.807) is 11.3 Å². The minimum Gasteiger partial charge on any atom is -0.335 e. The fourth-order valence-corrected chi connectivity index (χ4v) is 3.56. The lowest BCUT2D eigenvalue weighted by Crippen LogP contribution is -2.32. The fourth-order valence-electron chi connectivity index (χ4n) is 2.86. The molecule has 1 atom stereocenters.